The van der Waals surface area contributed by atoms with Crippen molar-refractivity contribution < 1.29 is 9.53 Å². The molecule has 0 aromatic carbocycles. The van der Waals surface area contributed by atoms with Crippen LogP contribution in [-0.4, -0.2) is 36.1 Å². The van der Waals surface area contributed by atoms with Crippen LogP contribution in [0, 0.1) is 11.3 Å². The zero-order valence-corrected chi connectivity index (χ0v) is 18.1. The van der Waals surface area contributed by atoms with Gasteiger partial charge in [-0.05, 0) is 42.6 Å². The number of methoxy groups -OCH3 is 1. The third-order valence-corrected chi connectivity index (χ3v) is 6.78. The number of carbonyl (C=O) groups excluding carboxylic acids is 1. The van der Waals surface area contributed by atoms with Gasteiger partial charge in [-0.2, -0.15) is 0 Å². The minimum Gasteiger partial charge on any atom is -0.385 e. The highest BCUT2D eigenvalue weighted by atomic mass is 32.1. The first-order valence-electron chi connectivity index (χ1n) is 10.1. The van der Waals surface area contributed by atoms with Gasteiger partial charge >= 0.3 is 0 Å². The first-order chi connectivity index (χ1) is 13.3. The van der Waals surface area contributed by atoms with Gasteiger partial charge in [-0.3, -0.25) is 9.59 Å². The summed E-state index contributed by atoms with van der Waals surface area (Å²) in [6, 6.07) is 0. The molecule has 0 unspecified atom stereocenters. The van der Waals surface area contributed by atoms with Gasteiger partial charge in [0, 0.05) is 38.0 Å². The quantitative estimate of drug-likeness (QED) is 0.693. The molecule has 0 saturated heterocycles. The fraction of sp³-hybridized carbons (Fsp3) is 0.667. The molecule has 1 aliphatic rings. The molecule has 2 heterocycles. The molecule has 28 heavy (non-hydrogen) atoms. The Hall–Kier alpha value is -1.73. The van der Waals surface area contributed by atoms with Crippen molar-refractivity contribution in [3.05, 3.63) is 26.6 Å². The molecule has 1 aliphatic carbocycles. The molecule has 0 spiro atoms. The Labute approximate surface area is 170 Å². The zero-order valence-electron chi connectivity index (χ0n) is 17.3. The number of aromatic amines is 1. The number of fused-ring (bicyclic) bond motifs is 3. The second kappa shape index (κ2) is 8.74. The van der Waals surface area contributed by atoms with Crippen LogP contribution in [-0.2, 0) is 28.8 Å². The number of aromatic nitrogens is 2. The standard InChI is InChI=1S/C21H31N3O3S/c1-21(2,3)13-6-7-14-15(12-13)28-20-18(14)19(26)23-16(24-20)8-9-17(25)22-10-5-11-27-4/h13H,5-12H2,1-4H3,(H,22,25)(H,23,24,26)/t13-/m1/s1. The molecule has 6 nitrogen and oxygen atoms in total. The van der Waals surface area contributed by atoms with Gasteiger partial charge in [-0.15, -0.1) is 11.3 Å². The normalized spacial score (nSPS) is 16.9. The number of aryl methyl sites for hydroxylation is 2. The molecule has 154 valence electrons. The van der Waals surface area contributed by atoms with Crippen molar-refractivity contribution in [3.8, 4) is 0 Å². The number of ether oxygens (including phenoxy) is 1. The van der Waals surface area contributed by atoms with E-state index in [1.807, 2.05) is 0 Å². The van der Waals surface area contributed by atoms with E-state index in [0.29, 0.717) is 37.7 Å². The van der Waals surface area contributed by atoms with E-state index in [-0.39, 0.29) is 16.9 Å². The number of carbonyl (C=O) groups is 1. The molecule has 2 N–H and O–H groups in total. The first-order valence-corrected chi connectivity index (χ1v) is 10.9. The van der Waals surface area contributed by atoms with Crippen molar-refractivity contribution >= 4 is 27.5 Å². The molecule has 0 aliphatic heterocycles. The Morgan fingerprint density at radius 1 is 1.39 bits per heavy atom. The maximum Gasteiger partial charge on any atom is 0.259 e. The Morgan fingerprint density at radius 2 is 2.18 bits per heavy atom. The van der Waals surface area contributed by atoms with Crippen LogP contribution in [0.1, 0.15) is 56.3 Å². The van der Waals surface area contributed by atoms with Gasteiger partial charge in [0.2, 0.25) is 5.91 Å². The molecular weight excluding hydrogens is 374 g/mol. The van der Waals surface area contributed by atoms with Crippen LogP contribution in [0.15, 0.2) is 4.79 Å². The summed E-state index contributed by atoms with van der Waals surface area (Å²) in [6.45, 7) is 8.10. The lowest BCUT2D eigenvalue weighted by molar-refractivity contribution is -0.121. The summed E-state index contributed by atoms with van der Waals surface area (Å²) in [5.41, 5.74) is 1.40. The Morgan fingerprint density at radius 3 is 2.89 bits per heavy atom. The van der Waals surface area contributed by atoms with Gasteiger partial charge in [0.05, 0.1) is 5.39 Å². The number of rotatable bonds is 7. The summed E-state index contributed by atoms with van der Waals surface area (Å²) in [7, 11) is 1.64. The van der Waals surface area contributed by atoms with Gasteiger partial charge in [0.15, 0.2) is 0 Å². The number of nitrogens with zero attached hydrogens (tertiary/aromatic N) is 1. The van der Waals surface area contributed by atoms with Crippen LogP contribution in [0.4, 0.5) is 0 Å². The van der Waals surface area contributed by atoms with E-state index in [1.54, 1.807) is 18.4 Å². The first kappa shape index (κ1) is 21.0. The molecule has 7 heteroatoms. The number of thiophene rings is 1. The monoisotopic (exact) mass is 405 g/mol. The van der Waals surface area contributed by atoms with Gasteiger partial charge < -0.3 is 15.0 Å². The van der Waals surface area contributed by atoms with Crippen molar-refractivity contribution in [2.45, 2.75) is 59.3 Å². The molecule has 1 atom stereocenters. The topological polar surface area (TPSA) is 84.1 Å². The highest BCUT2D eigenvalue weighted by Gasteiger charge is 2.31. The smallest absolute Gasteiger partial charge is 0.259 e. The van der Waals surface area contributed by atoms with Crippen LogP contribution < -0.4 is 10.9 Å². The van der Waals surface area contributed by atoms with Crippen molar-refractivity contribution in [1.82, 2.24) is 15.3 Å². The number of hydrogen-bond donors (Lipinski definition) is 2. The van der Waals surface area contributed by atoms with Crippen LogP contribution >= 0.6 is 11.3 Å². The molecule has 0 fully saturated rings. The van der Waals surface area contributed by atoms with Crippen LogP contribution in [0.2, 0.25) is 0 Å². The van der Waals surface area contributed by atoms with Crippen LogP contribution in [0.5, 0.6) is 0 Å². The van der Waals surface area contributed by atoms with Crippen molar-refractivity contribution in [3.63, 3.8) is 0 Å². The van der Waals surface area contributed by atoms with E-state index in [1.165, 1.54) is 10.4 Å². The summed E-state index contributed by atoms with van der Waals surface area (Å²) in [5, 5.41) is 3.63. The minimum atomic E-state index is -0.0628. The van der Waals surface area contributed by atoms with Gasteiger partial charge in [0.1, 0.15) is 10.7 Å². The third kappa shape index (κ3) is 4.81. The summed E-state index contributed by atoms with van der Waals surface area (Å²) in [6.07, 6.45) is 4.64. The largest absolute Gasteiger partial charge is 0.385 e. The lowest BCUT2D eigenvalue weighted by atomic mass is 9.72. The Balaban J connectivity index is 1.70. The number of amides is 1. The van der Waals surface area contributed by atoms with Crippen LogP contribution in [0.3, 0.4) is 0 Å². The van der Waals surface area contributed by atoms with E-state index < -0.39 is 0 Å². The fourth-order valence-electron chi connectivity index (χ4n) is 3.85. The highest BCUT2D eigenvalue weighted by molar-refractivity contribution is 7.18. The Kier molecular flexibility index (Phi) is 6.55. The maximum absolute atomic E-state index is 12.7. The molecule has 0 bridgehead atoms. The van der Waals surface area contributed by atoms with E-state index in [9.17, 15) is 9.59 Å². The summed E-state index contributed by atoms with van der Waals surface area (Å²) in [4.78, 5) is 34.3. The summed E-state index contributed by atoms with van der Waals surface area (Å²) < 4.78 is 4.97. The van der Waals surface area contributed by atoms with E-state index in [2.05, 4.69) is 36.1 Å². The number of nitrogens with one attached hydrogen (secondary N) is 2. The molecule has 0 radical (unpaired) electrons. The van der Waals surface area contributed by atoms with E-state index >= 15 is 0 Å². The fourth-order valence-corrected chi connectivity index (χ4v) is 5.17. The zero-order chi connectivity index (χ0) is 20.3. The van der Waals surface area contributed by atoms with Gasteiger partial charge in [-0.25, -0.2) is 4.98 Å². The summed E-state index contributed by atoms with van der Waals surface area (Å²) >= 11 is 1.66. The number of hydrogen-bond acceptors (Lipinski definition) is 5. The molecule has 3 rings (SSSR count). The highest BCUT2D eigenvalue weighted by Crippen LogP contribution is 2.41. The second-order valence-electron chi connectivity index (χ2n) is 8.70. The predicted molar refractivity (Wildman–Crippen MR) is 113 cm³/mol. The van der Waals surface area contributed by atoms with Crippen molar-refractivity contribution in [2.75, 3.05) is 20.3 Å². The average Bonchev–Trinajstić information content (AvgIpc) is 3.01. The van der Waals surface area contributed by atoms with E-state index in [4.69, 9.17) is 4.74 Å². The number of H-pyrrole nitrogens is 1. The molecule has 2 aromatic heterocycles. The van der Waals surface area contributed by atoms with Gasteiger partial charge in [0.25, 0.3) is 5.56 Å². The summed E-state index contributed by atoms with van der Waals surface area (Å²) in [5.74, 6) is 1.20. The van der Waals surface area contributed by atoms with Crippen molar-refractivity contribution in [2.24, 2.45) is 11.3 Å². The van der Waals surface area contributed by atoms with Gasteiger partial charge in [-0.1, -0.05) is 20.8 Å². The second-order valence-corrected chi connectivity index (χ2v) is 9.78. The predicted octanol–water partition coefficient (Wildman–Crippen LogP) is 3.22. The SMILES string of the molecule is COCCCNC(=O)CCc1nc2sc3c(c2c(=O)[nH]1)CC[C@@H](C(C)(C)C)C3. The maximum atomic E-state index is 12.7. The van der Waals surface area contributed by atoms with Crippen LogP contribution in [0.25, 0.3) is 10.2 Å². The molecule has 1 amide bonds. The third-order valence-electron chi connectivity index (χ3n) is 5.63. The molecular formula is C21H31N3O3S. The van der Waals surface area contributed by atoms with Crippen molar-refractivity contribution in [1.29, 1.82) is 0 Å². The lowest BCUT2D eigenvalue weighted by Crippen LogP contribution is -2.26. The van der Waals surface area contributed by atoms with E-state index in [0.717, 1.165) is 35.9 Å². The lowest BCUT2D eigenvalue weighted by Gasteiger charge is -2.33. The minimum absolute atomic E-state index is 0.0302. The molecule has 2 aromatic rings. The average molecular weight is 406 g/mol. The Bertz CT molecular complexity index is 895. The molecule has 0 saturated carbocycles.